The number of aldehydes is 1. The van der Waals surface area contributed by atoms with Crippen LogP contribution in [0.3, 0.4) is 0 Å². The first kappa shape index (κ1) is 9.19. The number of halogens is 2. The second-order valence-electron chi connectivity index (χ2n) is 2.10. The molecule has 0 aliphatic rings. The molecule has 0 N–H and O–H groups in total. The zero-order valence-corrected chi connectivity index (χ0v) is 7.89. The van der Waals surface area contributed by atoms with E-state index in [0.29, 0.717) is 12.0 Å². The Morgan fingerprint density at radius 1 is 1.58 bits per heavy atom. The van der Waals surface area contributed by atoms with Gasteiger partial charge in [0.05, 0.1) is 17.1 Å². The van der Waals surface area contributed by atoms with E-state index in [2.05, 4.69) is 15.9 Å². The predicted octanol–water partition coefficient (Wildman–Crippen LogP) is 2.41. The Morgan fingerprint density at radius 2 is 2.25 bits per heavy atom. The lowest BCUT2D eigenvalue weighted by molar-refractivity contribution is 0.111. The van der Waals surface area contributed by atoms with E-state index in [1.807, 2.05) is 0 Å². The van der Waals surface area contributed by atoms with Gasteiger partial charge in [0.1, 0.15) is 11.6 Å². The van der Waals surface area contributed by atoms with Gasteiger partial charge in [0.2, 0.25) is 0 Å². The monoisotopic (exact) mass is 232 g/mol. The standard InChI is InChI=1S/C8H6BrFO2/c1-12-7-3-2-6(10)8(9)5(7)4-11/h2-4H,1H3. The van der Waals surface area contributed by atoms with E-state index in [-0.39, 0.29) is 10.0 Å². The summed E-state index contributed by atoms with van der Waals surface area (Å²) in [4.78, 5) is 10.5. The average molecular weight is 233 g/mol. The normalized spacial score (nSPS) is 9.58. The summed E-state index contributed by atoms with van der Waals surface area (Å²) in [6.45, 7) is 0. The highest BCUT2D eigenvalue weighted by Gasteiger charge is 2.10. The summed E-state index contributed by atoms with van der Waals surface area (Å²) >= 11 is 2.95. The van der Waals surface area contributed by atoms with Crippen LogP contribution in [0.2, 0.25) is 0 Å². The Kier molecular flexibility index (Phi) is 2.81. The molecule has 0 heterocycles. The molecular formula is C8H6BrFO2. The molecule has 0 amide bonds. The van der Waals surface area contributed by atoms with Gasteiger partial charge in [0.25, 0.3) is 0 Å². The average Bonchev–Trinajstić information content (AvgIpc) is 2.09. The summed E-state index contributed by atoms with van der Waals surface area (Å²) in [5.41, 5.74) is 0.192. The topological polar surface area (TPSA) is 26.3 Å². The third-order valence-corrected chi connectivity index (χ3v) is 2.24. The summed E-state index contributed by atoms with van der Waals surface area (Å²) < 4.78 is 17.8. The number of benzene rings is 1. The number of methoxy groups -OCH3 is 1. The van der Waals surface area contributed by atoms with Crippen LogP contribution in [0.1, 0.15) is 10.4 Å². The second-order valence-corrected chi connectivity index (χ2v) is 2.89. The molecule has 1 aromatic carbocycles. The molecule has 0 unspecified atom stereocenters. The molecule has 1 aromatic rings. The SMILES string of the molecule is COc1ccc(F)c(Br)c1C=O. The van der Waals surface area contributed by atoms with Crippen molar-refractivity contribution in [3.63, 3.8) is 0 Å². The van der Waals surface area contributed by atoms with Gasteiger partial charge in [-0.2, -0.15) is 0 Å². The highest BCUT2D eigenvalue weighted by atomic mass is 79.9. The molecular weight excluding hydrogens is 227 g/mol. The Bertz CT molecular complexity index is 312. The van der Waals surface area contributed by atoms with Crippen LogP contribution < -0.4 is 4.74 Å². The van der Waals surface area contributed by atoms with Crippen LogP contribution in [0, 0.1) is 5.82 Å². The molecule has 0 bridgehead atoms. The number of hydrogen-bond acceptors (Lipinski definition) is 2. The van der Waals surface area contributed by atoms with Crippen molar-refractivity contribution >= 4 is 22.2 Å². The first-order chi connectivity index (χ1) is 5.70. The lowest BCUT2D eigenvalue weighted by atomic mass is 10.2. The molecule has 0 saturated heterocycles. The van der Waals surface area contributed by atoms with E-state index in [9.17, 15) is 9.18 Å². The van der Waals surface area contributed by atoms with Crippen molar-refractivity contribution < 1.29 is 13.9 Å². The van der Waals surface area contributed by atoms with Crippen LogP contribution in [-0.4, -0.2) is 13.4 Å². The van der Waals surface area contributed by atoms with E-state index < -0.39 is 5.82 Å². The van der Waals surface area contributed by atoms with Gasteiger partial charge < -0.3 is 4.74 Å². The molecule has 0 saturated carbocycles. The highest BCUT2D eigenvalue weighted by Crippen LogP contribution is 2.27. The van der Waals surface area contributed by atoms with Crippen molar-refractivity contribution in [2.45, 2.75) is 0 Å². The quantitative estimate of drug-likeness (QED) is 0.733. The summed E-state index contributed by atoms with van der Waals surface area (Å²) in [7, 11) is 1.42. The van der Waals surface area contributed by atoms with Gasteiger partial charge >= 0.3 is 0 Å². The smallest absolute Gasteiger partial charge is 0.155 e. The fourth-order valence-electron chi connectivity index (χ4n) is 0.836. The molecule has 2 nitrogen and oxygen atoms in total. The largest absolute Gasteiger partial charge is 0.496 e. The second kappa shape index (κ2) is 3.67. The van der Waals surface area contributed by atoms with Gasteiger partial charge in [-0.15, -0.1) is 0 Å². The fraction of sp³-hybridized carbons (Fsp3) is 0.125. The van der Waals surface area contributed by atoms with E-state index in [1.54, 1.807) is 0 Å². The molecule has 0 aliphatic heterocycles. The zero-order valence-electron chi connectivity index (χ0n) is 6.30. The minimum atomic E-state index is -0.474. The first-order valence-corrected chi connectivity index (χ1v) is 3.97. The fourth-order valence-corrected chi connectivity index (χ4v) is 1.26. The van der Waals surface area contributed by atoms with Crippen molar-refractivity contribution in [1.29, 1.82) is 0 Å². The summed E-state index contributed by atoms with van der Waals surface area (Å²) in [6, 6.07) is 2.64. The molecule has 0 aromatic heterocycles. The van der Waals surface area contributed by atoms with Crippen LogP contribution in [0.25, 0.3) is 0 Å². The van der Waals surface area contributed by atoms with Gasteiger partial charge in [-0.3, -0.25) is 4.79 Å². The van der Waals surface area contributed by atoms with Crippen LogP contribution in [-0.2, 0) is 0 Å². The van der Waals surface area contributed by atoms with Gasteiger partial charge in [-0.25, -0.2) is 4.39 Å². The zero-order chi connectivity index (χ0) is 9.14. The molecule has 0 atom stereocenters. The molecule has 0 fully saturated rings. The lowest BCUT2D eigenvalue weighted by Gasteiger charge is -2.04. The maximum atomic E-state index is 12.8. The molecule has 0 aliphatic carbocycles. The van der Waals surface area contributed by atoms with Crippen molar-refractivity contribution in [2.75, 3.05) is 7.11 Å². The lowest BCUT2D eigenvalue weighted by Crippen LogP contribution is -1.93. The van der Waals surface area contributed by atoms with Gasteiger partial charge in [0.15, 0.2) is 6.29 Å². The van der Waals surface area contributed by atoms with Crippen LogP contribution in [0.5, 0.6) is 5.75 Å². The van der Waals surface area contributed by atoms with Crippen molar-refractivity contribution in [3.8, 4) is 5.75 Å². The third kappa shape index (κ3) is 1.48. The Morgan fingerprint density at radius 3 is 2.75 bits per heavy atom. The maximum Gasteiger partial charge on any atom is 0.155 e. The van der Waals surface area contributed by atoms with Crippen LogP contribution in [0.4, 0.5) is 4.39 Å². The molecule has 0 spiro atoms. The molecule has 12 heavy (non-hydrogen) atoms. The van der Waals surface area contributed by atoms with Crippen molar-refractivity contribution in [1.82, 2.24) is 0 Å². The molecule has 64 valence electrons. The third-order valence-electron chi connectivity index (χ3n) is 1.43. The summed E-state index contributed by atoms with van der Waals surface area (Å²) in [5.74, 6) is -0.115. The van der Waals surface area contributed by atoms with E-state index in [4.69, 9.17) is 4.74 Å². The Balaban J connectivity index is 3.35. The molecule has 4 heteroatoms. The maximum absolute atomic E-state index is 12.8. The van der Waals surface area contributed by atoms with Crippen molar-refractivity contribution in [2.24, 2.45) is 0 Å². The number of hydrogen-bond donors (Lipinski definition) is 0. The highest BCUT2D eigenvalue weighted by molar-refractivity contribution is 9.10. The van der Waals surface area contributed by atoms with Gasteiger partial charge in [-0.1, -0.05) is 0 Å². The number of carbonyl (C=O) groups excluding carboxylic acids is 1. The minimum absolute atomic E-state index is 0.136. The Labute approximate surface area is 77.5 Å². The number of rotatable bonds is 2. The number of ether oxygens (including phenoxy) is 1. The van der Waals surface area contributed by atoms with Crippen LogP contribution in [0.15, 0.2) is 16.6 Å². The predicted molar refractivity (Wildman–Crippen MR) is 46.0 cm³/mol. The number of carbonyl (C=O) groups is 1. The molecule has 0 radical (unpaired) electrons. The minimum Gasteiger partial charge on any atom is -0.496 e. The van der Waals surface area contributed by atoms with E-state index >= 15 is 0 Å². The first-order valence-electron chi connectivity index (χ1n) is 3.18. The molecule has 1 rings (SSSR count). The van der Waals surface area contributed by atoms with E-state index in [1.165, 1.54) is 19.2 Å². The van der Waals surface area contributed by atoms with Gasteiger partial charge in [0, 0.05) is 0 Å². The summed E-state index contributed by atoms with van der Waals surface area (Å²) in [6.07, 6.45) is 0.548. The Hall–Kier alpha value is -0.900. The van der Waals surface area contributed by atoms with Crippen LogP contribution >= 0.6 is 15.9 Å². The van der Waals surface area contributed by atoms with Crippen molar-refractivity contribution in [3.05, 3.63) is 28.0 Å². The van der Waals surface area contributed by atoms with Gasteiger partial charge in [-0.05, 0) is 28.1 Å². The summed E-state index contributed by atoms with van der Waals surface area (Å²) in [5, 5.41) is 0. The van der Waals surface area contributed by atoms with E-state index in [0.717, 1.165) is 0 Å².